The predicted molar refractivity (Wildman–Crippen MR) is 64.6 cm³/mol. The molecule has 0 saturated carbocycles. The molecule has 6 nitrogen and oxygen atoms in total. The van der Waals surface area contributed by atoms with Crippen LogP contribution in [0.5, 0.6) is 0 Å². The van der Waals surface area contributed by atoms with Crippen LogP contribution in [0.1, 0.15) is 17.4 Å². The number of carbonyl (C=O) groups excluding carboxylic acids is 1. The Balaban J connectivity index is 1.89. The molecule has 94 valence electrons. The van der Waals surface area contributed by atoms with E-state index in [2.05, 4.69) is 22.0 Å². The van der Waals surface area contributed by atoms with Gasteiger partial charge in [-0.2, -0.15) is 5.10 Å². The molecule has 1 aliphatic heterocycles. The van der Waals surface area contributed by atoms with Gasteiger partial charge in [0.25, 0.3) is 5.91 Å². The summed E-state index contributed by atoms with van der Waals surface area (Å²) in [6.45, 7) is 6.06. The van der Waals surface area contributed by atoms with E-state index in [-0.39, 0.29) is 5.91 Å². The van der Waals surface area contributed by atoms with E-state index in [1.807, 2.05) is 4.90 Å². The maximum atomic E-state index is 12.0. The number of aromatic amines is 1. The van der Waals surface area contributed by atoms with Gasteiger partial charge in [-0.15, -0.1) is 0 Å². The third kappa shape index (κ3) is 2.65. The van der Waals surface area contributed by atoms with Gasteiger partial charge in [0, 0.05) is 45.0 Å². The third-order valence-electron chi connectivity index (χ3n) is 3.30. The van der Waals surface area contributed by atoms with Gasteiger partial charge < -0.3 is 10.6 Å². The Hall–Kier alpha value is -1.40. The Morgan fingerprint density at radius 1 is 1.53 bits per heavy atom. The molecule has 1 aromatic rings. The minimum Gasteiger partial charge on any atom is -0.335 e. The molecule has 1 fully saturated rings. The van der Waals surface area contributed by atoms with Gasteiger partial charge in [-0.3, -0.25) is 14.8 Å². The van der Waals surface area contributed by atoms with Crippen LogP contribution < -0.4 is 5.73 Å². The molecular weight excluding hydrogens is 218 g/mol. The SMILES string of the molecule is CC(CN)N1CCN(C(=O)c2ccn[nH]2)CC1. The van der Waals surface area contributed by atoms with Crippen molar-refractivity contribution in [1.82, 2.24) is 20.0 Å². The zero-order valence-electron chi connectivity index (χ0n) is 10.1. The van der Waals surface area contributed by atoms with Crippen molar-refractivity contribution in [2.24, 2.45) is 5.73 Å². The number of carbonyl (C=O) groups is 1. The molecule has 0 spiro atoms. The van der Waals surface area contributed by atoms with E-state index in [0.717, 1.165) is 26.2 Å². The van der Waals surface area contributed by atoms with Crippen LogP contribution in [0.4, 0.5) is 0 Å². The lowest BCUT2D eigenvalue weighted by Crippen LogP contribution is -2.52. The molecule has 1 amide bonds. The van der Waals surface area contributed by atoms with Gasteiger partial charge in [-0.1, -0.05) is 0 Å². The van der Waals surface area contributed by atoms with Crippen LogP contribution in [0.2, 0.25) is 0 Å². The highest BCUT2D eigenvalue weighted by atomic mass is 16.2. The molecule has 2 heterocycles. The van der Waals surface area contributed by atoms with Gasteiger partial charge in [-0.25, -0.2) is 0 Å². The van der Waals surface area contributed by atoms with Crippen molar-refractivity contribution in [2.45, 2.75) is 13.0 Å². The molecule has 3 N–H and O–H groups in total. The van der Waals surface area contributed by atoms with Crippen LogP contribution >= 0.6 is 0 Å². The molecule has 0 aliphatic carbocycles. The molecule has 2 rings (SSSR count). The fourth-order valence-electron chi connectivity index (χ4n) is 2.06. The van der Waals surface area contributed by atoms with E-state index in [4.69, 9.17) is 5.73 Å². The van der Waals surface area contributed by atoms with E-state index < -0.39 is 0 Å². The smallest absolute Gasteiger partial charge is 0.271 e. The standard InChI is InChI=1S/C11H19N5O/c1-9(8-12)15-4-6-16(7-5-15)11(17)10-2-3-13-14-10/h2-3,9H,4-8,12H2,1H3,(H,13,14). The van der Waals surface area contributed by atoms with Gasteiger partial charge >= 0.3 is 0 Å². The summed E-state index contributed by atoms with van der Waals surface area (Å²) in [5.74, 6) is 0.0301. The lowest BCUT2D eigenvalue weighted by atomic mass is 10.2. The molecule has 1 aromatic heterocycles. The molecule has 1 aliphatic rings. The number of aromatic nitrogens is 2. The summed E-state index contributed by atoms with van der Waals surface area (Å²) in [7, 11) is 0. The number of hydrogen-bond donors (Lipinski definition) is 2. The number of nitrogens with one attached hydrogen (secondary N) is 1. The summed E-state index contributed by atoms with van der Waals surface area (Å²) in [6, 6.07) is 2.09. The van der Waals surface area contributed by atoms with Crippen molar-refractivity contribution in [3.05, 3.63) is 18.0 Å². The topological polar surface area (TPSA) is 78.2 Å². The largest absolute Gasteiger partial charge is 0.335 e. The Morgan fingerprint density at radius 2 is 2.24 bits per heavy atom. The molecular formula is C11H19N5O. The van der Waals surface area contributed by atoms with Crippen LogP contribution in [0.15, 0.2) is 12.3 Å². The van der Waals surface area contributed by atoms with Gasteiger partial charge in [0.05, 0.1) is 0 Å². The van der Waals surface area contributed by atoms with Crippen molar-refractivity contribution in [3.63, 3.8) is 0 Å². The number of H-pyrrole nitrogens is 1. The Morgan fingerprint density at radius 3 is 2.76 bits per heavy atom. The molecule has 0 aromatic carbocycles. The van der Waals surface area contributed by atoms with E-state index in [0.29, 0.717) is 18.3 Å². The van der Waals surface area contributed by atoms with Gasteiger partial charge in [0.2, 0.25) is 0 Å². The summed E-state index contributed by atoms with van der Waals surface area (Å²) >= 11 is 0. The van der Waals surface area contributed by atoms with E-state index in [9.17, 15) is 4.79 Å². The molecule has 1 unspecified atom stereocenters. The first kappa shape index (κ1) is 12.1. The van der Waals surface area contributed by atoms with Gasteiger partial charge in [-0.05, 0) is 13.0 Å². The van der Waals surface area contributed by atoms with Gasteiger partial charge in [0.1, 0.15) is 5.69 Å². The number of piperazine rings is 1. The maximum absolute atomic E-state index is 12.0. The van der Waals surface area contributed by atoms with Crippen molar-refractivity contribution >= 4 is 5.91 Å². The third-order valence-corrected chi connectivity index (χ3v) is 3.30. The van der Waals surface area contributed by atoms with E-state index in [1.54, 1.807) is 12.3 Å². The predicted octanol–water partition coefficient (Wildman–Crippen LogP) is -0.485. The van der Waals surface area contributed by atoms with Crippen LogP contribution in [0.25, 0.3) is 0 Å². The zero-order chi connectivity index (χ0) is 12.3. The van der Waals surface area contributed by atoms with Crippen LogP contribution in [-0.4, -0.2) is 64.7 Å². The second-order valence-corrected chi connectivity index (χ2v) is 4.38. The highest BCUT2D eigenvalue weighted by Crippen LogP contribution is 2.08. The number of nitrogens with zero attached hydrogens (tertiary/aromatic N) is 3. The molecule has 1 atom stereocenters. The average Bonchev–Trinajstić information content (AvgIpc) is 2.91. The second kappa shape index (κ2) is 5.29. The summed E-state index contributed by atoms with van der Waals surface area (Å²) < 4.78 is 0. The van der Waals surface area contributed by atoms with Crippen LogP contribution in [-0.2, 0) is 0 Å². The first-order valence-electron chi connectivity index (χ1n) is 5.95. The molecule has 0 bridgehead atoms. The number of hydrogen-bond acceptors (Lipinski definition) is 4. The number of amides is 1. The molecule has 6 heteroatoms. The van der Waals surface area contributed by atoms with Crippen molar-refractivity contribution in [3.8, 4) is 0 Å². The fraction of sp³-hybridized carbons (Fsp3) is 0.636. The van der Waals surface area contributed by atoms with Crippen LogP contribution in [0, 0.1) is 0 Å². The first-order valence-corrected chi connectivity index (χ1v) is 5.95. The minimum atomic E-state index is 0.0301. The summed E-state index contributed by atoms with van der Waals surface area (Å²) in [5, 5.41) is 6.50. The lowest BCUT2D eigenvalue weighted by Gasteiger charge is -2.37. The van der Waals surface area contributed by atoms with Crippen molar-refractivity contribution < 1.29 is 4.79 Å². The van der Waals surface area contributed by atoms with Crippen molar-refractivity contribution in [1.29, 1.82) is 0 Å². The van der Waals surface area contributed by atoms with Crippen LogP contribution in [0.3, 0.4) is 0 Å². The minimum absolute atomic E-state index is 0.0301. The number of nitrogens with two attached hydrogens (primary N) is 1. The molecule has 1 saturated heterocycles. The molecule has 17 heavy (non-hydrogen) atoms. The maximum Gasteiger partial charge on any atom is 0.271 e. The second-order valence-electron chi connectivity index (χ2n) is 4.38. The Bertz CT molecular complexity index is 356. The first-order chi connectivity index (χ1) is 8.22. The zero-order valence-corrected chi connectivity index (χ0v) is 10.1. The highest BCUT2D eigenvalue weighted by Gasteiger charge is 2.24. The molecule has 0 radical (unpaired) electrons. The average molecular weight is 237 g/mol. The Kier molecular flexibility index (Phi) is 3.75. The van der Waals surface area contributed by atoms with E-state index in [1.165, 1.54) is 0 Å². The highest BCUT2D eigenvalue weighted by molar-refractivity contribution is 5.92. The Labute approximate surface area is 101 Å². The monoisotopic (exact) mass is 237 g/mol. The summed E-state index contributed by atoms with van der Waals surface area (Å²) in [5.41, 5.74) is 6.20. The van der Waals surface area contributed by atoms with E-state index >= 15 is 0 Å². The van der Waals surface area contributed by atoms with Gasteiger partial charge in [0.15, 0.2) is 0 Å². The summed E-state index contributed by atoms with van der Waals surface area (Å²) in [6.07, 6.45) is 1.60. The quantitative estimate of drug-likeness (QED) is 0.744. The normalized spacial score (nSPS) is 19.3. The number of rotatable bonds is 3. The summed E-state index contributed by atoms with van der Waals surface area (Å²) in [4.78, 5) is 16.2. The fourth-order valence-corrected chi connectivity index (χ4v) is 2.06. The van der Waals surface area contributed by atoms with Crippen molar-refractivity contribution in [2.75, 3.05) is 32.7 Å². The lowest BCUT2D eigenvalue weighted by molar-refractivity contribution is 0.0583.